The Kier molecular flexibility index (Phi) is 6.95. The van der Waals surface area contributed by atoms with Crippen molar-refractivity contribution < 1.29 is 4.79 Å². The molecule has 1 aromatic heterocycles. The Balaban J connectivity index is 1.35. The van der Waals surface area contributed by atoms with Crippen LogP contribution < -0.4 is 10.2 Å². The molecule has 1 aliphatic rings. The highest BCUT2D eigenvalue weighted by molar-refractivity contribution is 7.09. The number of anilines is 2. The zero-order chi connectivity index (χ0) is 21.8. The Labute approximate surface area is 196 Å². The number of carbonyl (C=O) groups is 1. The lowest BCUT2D eigenvalue weighted by atomic mass is 10.1. The van der Waals surface area contributed by atoms with E-state index in [9.17, 15) is 4.79 Å². The van der Waals surface area contributed by atoms with Crippen molar-refractivity contribution in [2.45, 2.75) is 19.8 Å². The molecule has 0 radical (unpaired) electrons. The predicted molar refractivity (Wildman–Crippen MR) is 128 cm³/mol. The first-order valence-corrected chi connectivity index (χ1v) is 11.6. The summed E-state index contributed by atoms with van der Waals surface area (Å²) in [6, 6.07) is 13.3. The van der Waals surface area contributed by atoms with E-state index < -0.39 is 0 Å². The first kappa shape index (κ1) is 21.9. The number of nitrogens with zero attached hydrogens (tertiary/aromatic N) is 4. The van der Waals surface area contributed by atoms with Crippen molar-refractivity contribution in [1.82, 2.24) is 14.3 Å². The standard InChI is InChI=1S/C22H23Cl2N5OS/c1-15-3-5-16(6-4-15)13-20-26-22(31-27-20)29-10-2-9-28(11-12-29)21(30)25-19-8-7-17(23)14-18(19)24/h3-8,14H,2,9-13H2,1H3,(H,25,30). The minimum absolute atomic E-state index is 0.164. The van der Waals surface area contributed by atoms with Crippen LogP contribution in [0.2, 0.25) is 10.0 Å². The highest BCUT2D eigenvalue weighted by Gasteiger charge is 2.22. The number of aryl methyl sites for hydroxylation is 1. The zero-order valence-corrected chi connectivity index (χ0v) is 19.5. The molecule has 0 atom stereocenters. The number of halogens is 2. The molecule has 0 saturated carbocycles. The van der Waals surface area contributed by atoms with Gasteiger partial charge in [0.2, 0.25) is 5.13 Å². The number of hydrogen-bond donors (Lipinski definition) is 1. The summed E-state index contributed by atoms with van der Waals surface area (Å²) in [5.74, 6) is 0.833. The molecular weight excluding hydrogens is 453 g/mol. The van der Waals surface area contributed by atoms with Gasteiger partial charge in [-0.1, -0.05) is 53.0 Å². The van der Waals surface area contributed by atoms with Gasteiger partial charge >= 0.3 is 6.03 Å². The zero-order valence-electron chi connectivity index (χ0n) is 17.1. The van der Waals surface area contributed by atoms with Gasteiger partial charge in [0.05, 0.1) is 10.7 Å². The van der Waals surface area contributed by atoms with E-state index in [0.29, 0.717) is 35.4 Å². The molecular formula is C22H23Cl2N5OS. The molecule has 0 bridgehead atoms. The average molecular weight is 476 g/mol. The smallest absolute Gasteiger partial charge is 0.321 e. The number of nitrogens with one attached hydrogen (secondary N) is 1. The van der Waals surface area contributed by atoms with Crippen LogP contribution in [0.1, 0.15) is 23.4 Å². The van der Waals surface area contributed by atoms with Gasteiger partial charge < -0.3 is 15.1 Å². The molecule has 2 aromatic carbocycles. The van der Waals surface area contributed by atoms with E-state index in [4.69, 9.17) is 28.2 Å². The van der Waals surface area contributed by atoms with Gasteiger partial charge in [-0.05, 0) is 37.1 Å². The number of hydrogen-bond acceptors (Lipinski definition) is 5. The molecule has 9 heteroatoms. The summed E-state index contributed by atoms with van der Waals surface area (Å²) >= 11 is 13.5. The minimum atomic E-state index is -0.164. The Morgan fingerprint density at radius 3 is 2.68 bits per heavy atom. The summed E-state index contributed by atoms with van der Waals surface area (Å²) in [5.41, 5.74) is 3.00. The van der Waals surface area contributed by atoms with Crippen molar-refractivity contribution in [3.05, 3.63) is 69.5 Å². The fourth-order valence-corrected chi connectivity index (χ4v) is 4.62. The molecule has 31 heavy (non-hydrogen) atoms. The lowest BCUT2D eigenvalue weighted by molar-refractivity contribution is 0.215. The lowest BCUT2D eigenvalue weighted by Gasteiger charge is -2.22. The molecule has 1 saturated heterocycles. The lowest BCUT2D eigenvalue weighted by Crippen LogP contribution is -2.38. The van der Waals surface area contributed by atoms with E-state index in [1.165, 1.54) is 22.7 Å². The van der Waals surface area contributed by atoms with Crippen molar-refractivity contribution in [2.75, 3.05) is 36.4 Å². The molecule has 0 spiro atoms. The molecule has 0 aliphatic carbocycles. The van der Waals surface area contributed by atoms with Crippen LogP contribution >= 0.6 is 34.7 Å². The van der Waals surface area contributed by atoms with Crippen molar-refractivity contribution >= 4 is 51.6 Å². The quantitative estimate of drug-likeness (QED) is 0.541. The summed E-state index contributed by atoms with van der Waals surface area (Å²) in [5, 5.41) is 4.74. The van der Waals surface area contributed by atoms with E-state index in [-0.39, 0.29) is 6.03 Å². The van der Waals surface area contributed by atoms with Gasteiger partial charge in [0.25, 0.3) is 0 Å². The summed E-state index contributed by atoms with van der Waals surface area (Å²) in [6.07, 6.45) is 1.58. The van der Waals surface area contributed by atoms with Crippen LogP contribution in [0.15, 0.2) is 42.5 Å². The highest BCUT2D eigenvalue weighted by atomic mass is 35.5. The second kappa shape index (κ2) is 9.85. The predicted octanol–water partition coefficient (Wildman–Crippen LogP) is 5.49. The second-order valence-electron chi connectivity index (χ2n) is 7.54. The number of amides is 2. The third kappa shape index (κ3) is 5.67. The van der Waals surface area contributed by atoms with Crippen molar-refractivity contribution in [1.29, 1.82) is 0 Å². The third-order valence-electron chi connectivity index (χ3n) is 5.17. The molecule has 2 heterocycles. The Hall–Kier alpha value is -2.35. The van der Waals surface area contributed by atoms with Crippen LogP contribution in [-0.4, -0.2) is 46.5 Å². The Bertz CT molecular complexity index is 1060. The van der Waals surface area contributed by atoms with Crippen LogP contribution in [0.4, 0.5) is 15.6 Å². The summed E-state index contributed by atoms with van der Waals surface area (Å²) in [6.45, 7) is 4.90. The monoisotopic (exact) mass is 475 g/mol. The van der Waals surface area contributed by atoms with E-state index in [2.05, 4.69) is 45.8 Å². The van der Waals surface area contributed by atoms with E-state index >= 15 is 0 Å². The molecule has 2 amide bonds. The maximum absolute atomic E-state index is 12.7. The first-order valence-electron chi connectivity index (χ1n) is 10.1. The molecule has 1 fully saturated rings. The molecule has 6 nitrogen and oxygen atoms in total. The fourth-order valence-electron chi connectivity index (χ4n) is 3.43. The average Bonchev–Trinajstić information content (AvgIpc) is 3.06. The van der Waals surface area contributed by atoms with E-state index in [1.807, 2.05) is 0 Å². The van der Waals surface area contributed by atoms with Crippen LogP contribution in [0.25, 0.3) is 0 Å². The molecule has 1 N–H and O–H groups in total. The number of rotatable bonds is 4. The van der Waals surface area contributed by atoms with Gasteiger partial charge in [-0.25, -0.2) is 9.78 Å². The van der Waals surface area contributed by atoms with Crippen LogP contribution in [0.3, 0.4) is 0 Å². The maximum Gasteiger partial charge on any atom is 0.321 e. The number of benzene rings is 2. The van der Waals surface area contributed by atoms with Gasteiger partial charge in [-0.3, -0.25) is 0 Å². The summed E-state index contributed by atoms with van der Waals surface area (Å²) in [7, 11) is 0. The van der Waals surface area contributed by atoms with Gasteiger partial charge in [-0.2, -0.15) is 4.37 Å². The molecule has 0 unspecified atom stereocenters. The Morgan fingerprint density at radius 1 is 1.10 bits per heavy atom. The van der Waals surface area contributed by atoms with Crippen LogP contribution in [0.5, 0.6) is 0 Å². The summed E-state index contributed by atoms with van der Waals surface area (Å²) in [4.78, 5) is 21.5. The number of urea groups is 1. The number of carbonyl (C=O) groups excluding carboxylic acids is 1. The maximum atomic E-state index is 12.7. The van der Waals surface area contributed by atoms with E-state index in [0.717, 1.165) is 30.3 Å². The molecule has 162 valence electrons. The van der Waals surface area contributed by atoms with Crippen molar-refractivity contribution in [2.24, 2.45) is 0 Å². The van der Waals surface area contributed by atoms with Crippen molar-refractivity contribution in [3.63, 3.8) is 0 Å². The highest BCUT2D eigenvalue weighted by Crippen LogP contribution is 2.26. The molecule has 4 rings (SSSR count). The largest absolute Gasteiger partial charge is 0.345 e. The van der Waals surface area contributed by atoms with E-state index in [1.54, 1.807) is 23.1 Å². The molecule has 3 aromatic rings. The summed E-state index contributed by atoms with van der Waals surface area (Å²) < 4.78 is 4.54. The first-order chi connectivity index (χ1) is 15.0. The third-order valence-corrected chi connectivity index (χ3v) is 6.53. The van der Waals surface area contributed by atoms with Gasteiger partial charge in [0.1, 0.15) is 5.82 Å². The van der Waals surface area contributed by atoms with Gasteiger partial charge in [0, 0.05) is 49.2 Å². The van der Waals surface area contributed by atoms with Crippen LogP contribution in [0, 0.1) is 6.92 Å². The minimum Gasteiger partial charge on any atom is -0.345 e. The van der Waals surface area contributed by atoms with Crippen LogP contribution in [-0.2, 0) is 6.42 Å². The van der Waals surface area contributed by atoms with Gasteiger partial charge in [-0.15, -0.1) is 0 Å². The van der Waals surface area contributed by atoms with Crippen molar-refractivity contribution in [3.8, 4) is 0 Å². The van der Waals surface area contributed by atoms with Gasteiger partial charge in [0.15, 0.2) is 0 Å². The molecule has 1 aliphatic heterocycles. The number of aromatic nitrogens is 2. The second-order valence-corrected chi connectivity index (χ2v) is 9.11. The Morgan fingerprint density at radius 2 is 1.90 bits per heavy atom. The fraction of sp³-hybridized carbons (Fsp3) is 0.318. The normalized spacial score (nSPS) is 14.4. The SMILES string of the molecule is Cc1ccc(Cc2nsc(N3CCCN(C(=O)Nc4ccc(Cl)cc4Cl)CC3)n2)cc1. The topological polar surface area (TPSA) is 61.4 Å².